The molecule has 0 atom stereocenters. The van der Waals surface area contributed by atoms with Crippen LogP contribution in [0.2, 0.25) is 15.1 Å². The summed E-state index contributed by atoms with van der Waals surface area (Å²) in [5.41, 5.74) is 1.82. The van der Waals surface area contributed by atoms with Crippen LogP contribution in [0.1, 0.15) is 22.8 Å². The number of nitrogens with one attached hydrogen (secondary N) is 2. The second-order valence-electron chi connectivity index (χ2n) is 4.96. The zero-order valence-corrected chi connectivity index (χ0v) is 16.3. The van der Waals surface area contributed by atoms with Gasteiger partial charge in [0.25, 0.3) is 0 Å². The Morgan fingerprint density at radius 3 is 2.52 bits per heavy atom. The molecular weight excluding hydrogens is 403 g/mol. The average Bonchev–Trinajstić information content (AvgIpc) is 2.54. The third kappa shape index (κ3) is 5.75. The minimum Gasteiger partial charge on any atom is -0.462 e. The van der Waals surface area contributed by atoms with Gasteiger partial charge in [0, 0.05) is 22.3 Å². The highest BCUT2D eigenvalue weighted by molar-refractivity contribution is 7.80. The number of benzene rings is 2. The quantitative estimate of drug-likeness (QED) is 0.510. The molecule has 0 spiro atoms. The number of hydrogen-bond acceptors (Lipinski definition) is 3. The van der Waals surface area contributed by atoms with Gasteiger partial charge in [-0.2, -0.15) is 0 Å². The Bertz CT molecular complexity index is 799. The van der Waals surface area contributed by atoms with E-state index in [1.165, 1.54) is 0 Å². The molecule has 2 aromatic carbocycles. The van der Waals surface area contributed by atoms with E-state index in [9.17, 15) is 4.79 Å². The first-order valence-electron chi connectivity index (χ1n) is 7.36. The van der Waals surface area contributed by atoms with Crippen molar-refractivity contribution in [1.29, 1.82) is 0 Å². The van der Waals surface area contributed by atoms with E-state index < -0.39 is 5.97 Å². The van der Waals surface area contributed by atoms with Gasteiger partial charge in [0.2, 0.25) is 0 Å². The van der Waals surface area contributed by atoms with Crippen molar-refractivity contribution in [1.82, 2.24) is 5.32 Å². The van der Waals surface area contributed by atoms with E-state index in [2.05, 4.69) is 10.6 Å². The molecule has 0 saturated carbocycles. The third-order valence-corrected chi connectivity index (χ3v) is 4.32. The van der Waals surface area contributed by atoms with Crippen LogP contribution in [0.4, 0.5) is 5.69 Å². The number of esters is 1. The van der Waals surface area contributed by atoms with Crippen LogP contribution in [-0.2, 0) is 11.3 Å². The molecule has 8 heteroatoms. The zero-order chi connectivity index (χ0) is 18.4. The van der Waals surface area contributed by atoms with Crippen molar-refractivity contribution >= 4 is 63.8 Å². The predicted molar refractivity (Wildman–Crippen MR) is 107 cm³/mol. The van der Waals surface area contributed by atoms with E-state index in [0.29, 0.717) is 33.0 Å². The number of carbonyl (C=O) groups is 1. The van der Waals surface area contributed by atoms with Crippen LogP contribution in [0.5, 0.6) is 0 Å². The SMILES string of the molecule is CCOC(=O)c1ccc(NC(=S)NCc2ccc(Cl)cc2Cl)cc1Cl. The molecule has 0 bridgehead atoms. The van der Waals surface area contributed by atoms with E-state index >= 15 is 0 Å². The number of halogens is 3. The number of rotatable bonds is 5. The van der Waals surface area contributed by atoms with Gasteiger partial charge in [-0.3, -0.25) is 0 Å². The first-order chi connectivity index (χ1) is 11.9. The smallest absolute Gasteiger partial charge is 0.339 e. The first kappa shape index (κ1) is 19.8. The molecule has 0 aromatic heterocycles. The molecule has 0 aliphatic carbocycles. The third-order valence-electron chi connectivity index (χ3n) is 3.18. The van der Waals surface area contributed by atoms with Crippen molar-refractivity contribution in [2.45, 2.75) is 13.5 Å². The standard InChI is InChI=1S/C17H15Cl3N2O2S/c1-2-24-16(23)13-6-5-12(8-15(13)20)22-17(25)21-9-10-3-4-11(18)7-14(10)19/h3-8H,2,9H2,1H3,(H2,21,22,25). The summed E-state index contributed by atoms with van der Waals surface area (Å²) < 4.78 is 4.93. The van der Waals surface area contributed by atoms with Gasteiger partial charge < -0.3 is 15.4 Å². The molecule has 4 nitrogen and oxygen atoms in total. The molecule has 0 heterocycles. The van der Waals surface area contributed by atoms with Crippen molar-refractivity contribution in [2.24, 2.45) is 0 Å². The molecule has 0 radical (unpaired) electrons. The minimum atomic E-state index is -0.461. The van der Waals surface area contributed by atoms with Gasteiger partial charge in [-0.1, -0.05) is 40.9 Å². The highest BCUT2D eigenvalue weighted by Crippen LogP contribution is 2.22. The lowest BCUT2D eigenvalue weighted by Crippen LogP contribution is -2.28. The van der Waals surface area contributed by atoms with Gasteiger partial charge >= 0.3 is 5.97 Å². The second kappa shape index (κ2) is 9.25. The van der Waals surface area contributed by atoms with Crippen molar-refractivity contribution in [3.8, 4) is 0 Å². The van der Waals surface area contributed by atoms with E-state index in [1.807, 2.05) is 6.07 Å². The topological polar surface area (TPSA) is 50.4 Å². The molecule has 2 rings (SSSR count). The summed E-state index contributed by atoms with van der Waals surface area (Å²) in [6.07, 6.45) is 0. The molecule has 2 aromatic rings. The van der Waals surface area contributed by atoms with Gasteiger partial charge in [-0.05, 0) is 55.0 Å². The maximum Gasteiger partial charge on any atom is 0.339 e. The molecule has 2 N–H and O–H groups in total. The van der Waals surface area contributed by atoms with Crippen LogP contribution < -0.4 is 10.6 Å². The molecule has 0 aliphatic rings. The van der Waals surface area contributed by atoms with Gasteiger partial charge in [-0.25, -0.2) is 4.79 Å². The summed E-state index contributed by atoms with van der Waals surface area (Å²) in [6, 6.07) is 10.1. The summed E-state index contributed by atoms with van der Waals surface area (Å²) in [5, 5.41) is 7.85. The predicted octanol–water partition coefficient (Wildman–Crippen LogP) is 5.31. The zero-order valence-electron chi connectivity index (χ0n) is 13.2. The van der Waals surface area contributed by atoms with E-state index in [4.69, 9.17) is 51.8 Å². The number of carbonyl (C=O) groups excluding carboxylic acids is 1. The fourth-order valence-corrected chi connectivity index (χ4v) is 2.91. The van der Waals surface area contributed by atoms with Crippen LogP contribution in [0, 0.1) is 0 Å². The lowest BCUT2D eigenvalue weighted by Gasteiger charge is -2.12. The van der Waals surface area contributed by atoms with Crippen molar-refractivity contribution < 1.29 is 9.53 Å². The Morgan fingerprint density at radius 2 is 1.88 bits per heavy atom. The fourth-order valence-electron chi connectivity index (χ4n) is 1.98. The number of anilines is 1. The van der Waals surface area contributed by atoms with E-state index in [0.717, 1.165) is 5.56 Å². The van der Waals surface area contributed by atoms with E-state index in [-0.39, 0.29) is 11.6 Å². The number of ether oxygens (including phenoxy) is 1. The largest absolute Gasteiger partial charge is 0.462 e. The summed E-state index contributed by atoms with van der Waals surface area (Å²) in [4.78, 5) is 11.7. The van der Waals surface area contributed by atoms with Gasteiger partial charge in [0.05, 0.1) is 17.2 Å². The van der Waals surface area contributed by atoms with Gasteiger partial charge in [0.15, 0.2) is 5.11 Å². The van der Waals surface area contributed by atoms with E-state index in [1.54, 1.807) is 37.3 Å². The molecule has 0 saturated heterocycles. The fraction of sp³-hybridized carbons (Fsp3) is 0.176. The van der Waals surface area contributed by atoms with Crippen LogP contribution in [0.3, 0.4) is 0 Å². The lowest BCUT2D eigenvalue weighted by molar-refractivity contribution is 0.0526. The highest BCUT2D eigenvalue weighted by atomic mass is 35.5. The Labute approximate surface area is 166 Å². The Kier molecular flexibility index (Phi) is 7.32. The first-order valence-corrected chi connectivity index (χ1v) is 8.90. The summed E-state index contributed by atoms with van der Waals surface area (Å²) >= 11 is 23.4. The van der Waals surface area contributed by atoms with Crippen molar-refractivity contribution in [3.63, 3.8) is 0 Å². The number of hydrogen-bond donors (Lipinski definition) is 2. The normalized spacial score (nSPS) is 10.2. The van der Waals surface area contributed by atoms with Crippen LogP contribution >= 0.6 is 47.0 Å². The summed E-state index contributed by atoms with van der Waals surface area (Å²) in [5.74, 6) is -0.461. The molecular formula is C17H15Cl3N2O2S. The molecule has 25 heavy (non-hydrogen) atoms. The summed E-state index contributed by atoms with van der Waals surface area (Å²) in [7, 11) is 0. The molecule has 0 unspecified atom stereocenters. The molecule has 0 aliphatic heterocycles. The van der Waals surface area contributed by atoms with Crippen LogP contribution in [-0.4, -0.2) is 17.7 Å². The Hall–Kier alpha value is -1.53. The highest BCUT2D eigenvalue weighted by Gasteiger charge is 2.12. The average molecular weight is 418 g/mol. The van der Waals surface area contributed by atoms with Crippen LogP contribution in [0.15, 0.2) is 36.4 Å². The van der Waals surface area contributed by atoms with Gasteiger partial charge in [-0.15, -0.1) is 0 Å². The Balaban J connectivity index is 1.96. The maximum absolute atomic E-state index is 11.7. The lowest BCUT2D eigenvalue weighted by atomic mass is 10.2. The summed E-state index contributed by atoms with van der Waals surface area (Å²) in [6.45, 7) is 2.46. The van der Waals surface area contributed by atoms with Crippen molar-refractivity contribution in [3.05, 3.63) is 62.6 Å². The molecule has 0 amide bonds. The minimum absolute atomic E-state index is 0.284. The van der Waals surface area contributed by atoms with Crippen LogP contribution in [0.25, 0.3) is 0 Å². The maximum atomic E-state index is 11.7. The second-order valence-corrected chi connectivity index (χ2v) is 6.62. The molecule has 132 valence electrons. The van der Waals surface area contributed by atoms with Crippen molar-refractivity contribution in [2.75, 3.05) is 11.9 Å². The Morgan fingerprint density at radius 1 is 1.12 bits per heavy atom. The van der Waals surface area contributed by atoms with Gasteiger partial charge in [0.1, 0.15) is 0 Å². The molecule has 0 fully saturated rings. The monoisotopic (exact) mass is 416 g/mol. The number of thiocarbonyl (C=S) groups is 1.